The van der Waals surface area contributed by atoms with Crippen LogP contribution in [0.4, 0.5) is 4.39 Å². The molecule has 0 spiro atoms. The smallest absolute Gasteiger partial charge is 0.168 e. The molecule has 26 heavy (non-hydrogen) atoms. The van der Waals surface area contributed by atoms with Crippen molar-refractivity contribution < 1.29 is 14.6 Å². The molecule has 2 fully saturated rings. The van der Waals surface area contributed by atoms with E-state index in [2.05, 4.69) is 35.6 Å². The van der Waals surface area contributed by atoms with Crippen LogP contribution in [0.25, 0.3) is 0 Å². The molecular weight excluding hydrogens is 444 g/mol. The van der Waals surface area contributed by atoms with E-state index in [0.29, 0.717) is 30.7 Å². The van der Waals surface area contributed by atoms with E-state index in [1.165, 1.54) is 6.07 Å². The number of halogens is 2. The Balaban J connectivity index is 1.81. The van der Waals surface area contributed by atoms with Crippen LogP contribution >= 0.6 is 22.6 Å². The van der Waals surface area contributed by atoms with Gasteiger partial charge < -0.3 is 10.2 Å². The van der Waals surface area contributed by atoms with Crippen molar-refractivity contribution >= 4 is 22.6 Å². The minimum absolute atomic E-state index is 0.0112. The molecule has 0 bridgehead atoms. The van der Waals surface area contributed by atoms with Crippen LogP contribution in [0, 0.1) is 40.3 Å². The number of fused-ring (bicyclic) bond motifs is 5. The Hall–Kier alpha value is -1.13. The van der Waals surface area contributed by atoms with Gasteiger partial charge in [-0.2, -0.15) is 5.26 Å². The van der Waals surface area contributed by atoms with Crippen LogP contribution in [0.2, 0.25) is 0 Å². The molecule has 5 heteroatoms. The monoisotopic (exact) mass is 467 g/mol. The van der Waals surface area contributed by atoms with Gasteiger partial charge >= 0.3 is 0 Å². The quantitative estimate of drug-likeness (QED) is 0.583. The van der Waals surface area contributed by atoms with E-state index < -0.39 is 11.4 Å². The van der Waals surface area contributed by atoms with Crippen LogP contribution in [0.5, 0.6) is 5.75 Å². The van der Waals surface area contributed by atoms with Crippen LogP contribution in [0.15, 0.2) is 22.3 Å². The van der Waals surface area contributed by atoms with E-state index in [4.69, 9.17) is 0 Å². The van der Waals surface area contributed by atoms with E-state index >= 15 is 0 Å². The van der Waals surface area contributed by atoms with Crippen molar-refractivity contribution in [2.24, 2.45) is 23.2 Å². The van der Waals surface area contributed by atoms with Gasteiger partial charge in [0.2, 0.25) is 0 Å². The van der Waals surface area contributed by atoms with Crippen molar-refractivity contribution in [2.75, 3.05) is 0 Å². The molecule has 0 aromatic heterocycles. The first-order chi connectivity index (χ1) is 12.4. The standard InChI is InChI=1S/C21H23FINO2/c1-20-10-12(11-24)18-13-4-5-17(25)19(22)14(13)2-3-15(18)16(20)6-7-21(20,26)8-9-23/h4-5,8-9,12,15-16,18,25-26H,2-3,6-7,10H2,1H3/b9-8+/t12-,15?,16?,18?,20+,21-/m1/s1. The Bertz CT molecular complexity index is 819. The van der Waals surface area contributed by atoms with Crippen molar-refractivity contribution in [3.05, 3.63) is 39.2 Å². The first-order valence-corrected chi connectivity index (χ1v) is 10.5. The van der Waals surface area contributed by atoms with E-state index in [-0.39, 0.29) is 28.9 Å². The molecule has 3 aliphatic rings. The first-order valence-electron chi connectivity index (χ1n) is 9.26. The highest BCUT2D eigenvalue weighted by Gasteiger charge is 2.63. The summed E-state index contributed by atoms with van der Waals surface area (Å²) in [6, 6.07) is 5.70. The minimum atomic E-state index is -0.876. The lowest BCUT2D eigenvalue weighted by Gasteiger charge is -2.54. The zero-order valence-electron chi connectivity index (χ0n) is 14.8. The van der Waals surface area contributed by atoms with Gasteiger partial charge in [0.05, 0.1) is 17.6 Å². The molecule has 4 rings (SSSR count). The summed E-state index contributed by atoms with van der Waals surface area (Å²) in [6.07, 6.45) is 5.56. The summed E-state index contributed by atoms with van der Waals surface area (Å²) in [4.78, 5) is 0. The van der Waals surface area contributed by atoms with Gasteiger partial charge in [0.25, 0.3) is 0 Å². The number of aromatic hydroxyl groups is 1. The van der Waals surface area contributed by atoms with Gasteiger partial charge in [0.1, 0.15) is 0 Å². The fourth-order valence-electron chi connectivity index (χ4n) is 6.28. The third kappa shape index (κ3) is 2.31. The normalized spacial score (nSPS) is 41.3. The maximum Gasteiger partial charge on any atom is 0.168 e. The van der Waals surface area contributed by atoms with Crippen LogP contribution in [-0.4, -0.2) is 15.8 Å². The maximum atomic E-state index is 14.5. The lowest BCUT2D eigenvalue weighted by atomic mass is 9.50. The number of rotatable bonds is 1. The third-order valence-electron chi connectivity index (χ3n) is 7.55. The Labute approximate surface area is 167 Å². The lowest BCUT2D eigenvalue weighted by Crippen LogP contribution is -2.52. The Kier molecular flexibility index (Phi) is 4.35. The van der Waals surface area contributed by atoms with Gasteiger partial charge in [-0.15, -0.1) is 0 Å². The Morgan fingerprint density at radius 1 is 1.38 bits per heavy atom. The van der Waals surface area contributed by atoms with E-state index in [0.717, 1.165) is 18.4 Å². The summed E-state index contributed by atoms with van der Waals surface area (Å²) < 4.78 is 16.3. The van der Waals surface area contributed by atoms with Gasteiger partial charge in [-0.3, -0.25) is 0 Å². The van der Waals surface area contributed by atoms with Crippen molar-refractivity contribution in [2.45, 2.75) is 50.5 Å². The first kappa shape index (κ1) is 18.2. The predicted octanol–water partition coefficient (Wildman–Crippen LogP) is 4.82. The van der Waals surface area contributed by atoms with Crippen LogP contribution < -0.4 is 0 Å². The second-order valence-electron chi connectivity index (χ2n) is 8.41. The highest BCUT2D eigenvalue weighted by Crippen LogP contribution is 2.66. The minimum Gasteiger partial charge on any atom is -0.505 e. The fraction of sp³-hybridized carbons (Fsp3) is 0.571. The van der Waals surface area contributed by atoms with Crippen LogP contribution in [0.1, 0.15) is 49.7 Å². The summed E-state index contributed by atoms with van der Waals surface area (Å²) in [7, 11) is 0. The number of hydrogen-bond donors (Lipinski definition) is 2. The average Bonchev–Trinajstić information content (AvgIpc) is 2.88. The Morgan fingerprint density at radius 2 is 2.15 bits per heavy atom. The molecule has 2 saturated carbocycles. The summed E-state index contributed by atoms with van der Waals surface area (Å²) in [5.41, 5.74) is 0.267. The molecule has 138 valence electrons. The maximum absolute atomic E-state index is 14.5. The van der Waals surface area contributed by atoms with E-state index in [1.807, 2.05) is 16.2 Å². The summed E-state index contributed by atoms with van der Waals surface area (Å²) in [5.74, 6) is -0.508. The molecule has 0 heterocycles. The highest BCUT2D eigenvalue weighted by atomic mass is 127. The third-order valence-corrected chi connectivity index (χ3v) is 7.91. The molecule has 3 nitrogen and oxygen atoms in total. The lowest BCUT2D eigenvalue weighted by molar-refractivity contribution is -0.0815. The van der Waals surface area contributed by atoms with Gasteiger partial charge in [-0.1, -0.05) is 35.6 Å². The second kappa shape index (κ2) is 6.20. The van der Waals surface area contributed by atoms with E-state index in [9.17, 15) is 19.9 Å². The largest absolute Gasteiger partial charge is 0.505 e. The van der Waals surface area contributed by atoms with E-state index in [1.54, 1.807) is 0 Å². The number of nitrogens with zero attached hydrogens (tertiary/aromatic N) is 1. The zero-order chi connectivity index (χ0) is 18.7. The molecule has 1 aromatic carbocycles. The number of benzene rings is 1. The molecule has 2 N–H and O–H groups in total. The average molecular weight is 467 g/mol. The van der Waals surface area contributed by atoms with Gasteiger partial charge in [-0.05, 0) is 71.3 Å². The van der Waals surface area contributed by atoms with Gasteiger partial charge in [0, 0.05) is 11.3 Å². The Morgan fingerprint density at radius 3 is 2.85 bits per heavy atom. The molecule has 3 unspecified atom stereocenters. The fourth-order valence-corrected chi connectivity index (χ4v) is 6.88. The SMILES string of the molecule is C[C@]12C[C@H](C#N)C3c4ccc(O)c(F)c4CCC3C1CC[C@@]2(O)/C=C/I. The molecular formula is C21H23FINO2. The number of nitriles is 1. The molecule has 0 radical (unpaired) electrons. The van der Waals surface area contributed by atoms with Crippen LogP contribution in [-0.2, 0) is 6.42 Å². The number of phenols is 1. The number of hydrogen-bond acceptors (Lipinski definition) is 3. The highest BCUT2D eigenvalue weighted by molar-refractivity contribution is 14.1. The van der Waals surface area contributed by atoms with Gasteiger partial charge in [0.15, 0.2) is 11.6 Å². The predicted molar refractivity (Wildman–Crippen MR) is 105 cm³/mol. The zero-order valence-corrected chi connectivity index (χ0v) is 16.9. The topological polar surface area (TPSA) is 64.2 Å². The van der Waals surface area contributed by atoms with Crippen molar-refractivity contribution in [1.29, 1.82) is 5.26 Å². The van der Waals surface area contributed by atoms with Crippen molar-refractivity contribution in [3.63, 3.8) is 0 Å². The molecule has 1 aromatic rings. The van der Waals surface area contributed by atoms with Crippen molar-refractivity contribution in [3.8, 4) is 11.8 Å². The summed E-state index contributed by atoms with van der Waals surface area (Å²) >= 11 is 2.15. The summed E-state index contributed by atoms with van der Waals surface area (Å²) in [5, 5.41) is 31.0. The molecule has 0 amide bonds. The molecule has 0 saturated heterocycles. The van der Waals surface area contributed by atoms with Crippen molar-refractivity contribution in [1.82, 2.24) is 0 Å². The molecule has 0 aliphatic heterocycles. The molecule has 3 aliphatic carbocycles. The van der Waals surface area contributed by atoms with Gasteiger partial charge in [-0.25, -0.2) is 4.39 Å². The second-order valence-corrected chi connectivity index (χ2v) is 9.13. The number of phenolic OH excluding ortho intramolecular Hbond substituents is 1. The molecule has 6 atom stereocenters. The van der Waals surface area contributed by atoms with Crippen LogP contribution in [0.3, 0.4) is 0 Å². The summed E-state index contributed by atoms with van der Waals surface area (Å²) in [6.45, 7) is 2.13. The number of aliphatic hydroxyl groups is 1.